The smallest absolute Gasteiger partial charge is 0.325 e. The number of nitrogens with two attached hydrogens (primary N) is 1. The van der Waals surface area contributed by atoms with Crippen LogP contribution in [0, 0.1) is 12.8 Å². The summed E-state index contributed by atoms with van der Waals surface area (Å²) in [5.41, 5.74) is 5.88. The van der Waals surface area contributed by atoms with E-state index in [0.717, 1.165) is 9.87 Å². The van der Waals surface area contributed by atoms with Crippen LogP contribution in [0.15, 0.2) is 29.2 Å². The van der Waals surface area contributed by atoms with Crippen LogP contribution in [0.25, 0.3) is 0 Å². The van der Waals surface area contributed by atoms with Gasteiger partial charge in [0.15, 0.2) is 6.10 Å². The third kappa shape index (κ3) is 5.54. The third-order valence-electron chi connectivity index (χ3n) is 4.71. The number of piperidine rings is 1. The van der Waals surface area contributed by atoms with Gasteiger partial charge in [-0.05, 0) is 44.2 Å². The molecular weight excluding hydrogens is 398 g/mol. The Morgan fingerprint density at radius 2 is 1.79 bits per heavy atom. The highest BCUT2D eigenvalue weighted by Crippen LogP contribution is 2.27. The summed E-state index contributed by atoms with van der Waals surface area (Å²) in [5, 5.41) is 1.90. The standard InChI is InChI=1S/C19H27N3O6S/c1-12(2)16(17(23)21-19(20)25)28-18(24)15-6-4-5-11-22(15)29(26,27)14-9-7-13(3)8-10-14/h7-10,12,15-16H,4-6,11H2,1-3H3,(H3,20,21,23,25)/t15-,16-/m0/s1. The van der Waals surface area contributed by atoms with Gasteiger partial charge in [-0.15, -0.1) is 0 Å². The van der Waals surface area contributed by atoms with Gasteiger partial charge >= 0.3 is 12.0 Å². The number of carbonyl (C=O) groups excluding carboxylic acids is 3. The molecule has 1 aliphatic heterocycles. The van der Waals surface area contributed by atoms with Gasteiger partial charge in [-0.2, -0.15) is 4.31 Å². The first-order valence-corrected chi connectivity index (χ1v) is 10.9. The van der Waals surface area contributed by atoms with Gasteiger partial charge < -0.3 is 10.5 Å². The largest absolute Gasteiger partial charge is 0.451 e. The maximum absolute atomic E-state index is 13.1. The summed E-state index contributed by atoms with van der Waals surface area (Å²) in [4.78, 5) is 36.0. The fourth-order valence-electron chi connectivity index (χ4n) is 3.16. The minimum Gasteiger partial charge on any atom is -0.451 e. The number of hydrogen-bond donors (Lipinski definition) is 2. The van der Waals surface area contributed by atoms with Crippen molar-refractivity contribution in [3.8, 4) is 0 Å². The number of ether oxygens (including phenoxy) is 1. The van der Waals surface area contributed by atoms with E-state index in [1.165, 1.54) is 12.1 Å². The van der Waals surface area contributed by atoms with Crippen LogP contribution in [-0.4, -0.2) is 49.3 Å². The van der Waals surface area contributed by atoms with Crippen LogP contribution in [0.5, 0.6) is 0 Å². The van der Waals surface area contributed by atoms with Crippen LogP contribution < -0.4 is 11.1 Å². The van der Waals surface area contributed by atoms with Crippen molar-refractivity contribution < 1.29 is 27.5 Å². The van der Waals surface area contributed by atoms with E-state index in [1.54, 1.807) is 26.0 Å². The van der Waals surface area contributed by atoms with E-state index < -0.39 is 46.0 Å². The molecule has 0 bridgehead atoms. The summed E-state index contributed by atoms with van der Waals surface area (Å²) >= 11 is 0. The lowest BCUT2D eigenvalue weighted by Crippen LogP contribution is -2.51. The van der Waals surface area contributed by atoms with E-state index in [1.807, 2.05) is 12.2 Å². The molecule has 1 aromatic carbocycles. The Kier molecular flexibility index (Phi) is 7.37. The van der Waals surface area contributed by atoms with Crippen LogP contribution >= 0.6 is 0 Å². The predicted molar refractivity (Wildman–Crippen MR) is 105 cm³/mol. The molecule has 0 saturated carbocycles. The monoisotopic (exact) mass is 425 g/mol. The normalized spacial score (nSPS) is 18.8. The first-order chi connectivity index (χ1) is 13.5. The highest BCUT2D eigenvalue weighted by atomic mass is 32.2. The van der Waals surface area contributed by atoms with Gasteiger partial charge in [0.05, 0.1) is 4.90 Å². The summed E-state index contributed by atoms with van der Waals surface area (Å²) in [6.45, 7) is 5.30. The van der Waals surface area contributed by atoms with Gasteiger partial charge in [-0.1, -0.05) is 31.5 Å². The minimum absolute atomic E-state index is 0.0923. The van der Waals surface area contributed by atoms with Crippen molar-refractivity contribution in [1.29, 1.82) is 0 Å². The Morgan fingerprint density at radius 1 is 1.17 bits per heavy atom. The van der Waals surface area contributed by atoms with Gasteiger partial charge in [-0.25, -0.2) is 13.2 Å². The van der Waals surface area contributed by atoms with Crippen LogP contribution in [-0.2, 0) is 24.3 Å². The van der Waals surface area contributed by atoms with Crippen molar-refractivity contribution in [3.63, 3.8) is 0 Å². The number of primary amides is 1. The average Bonchev–Trinajstić information content (AvgIpc) is 2.65. The number of benzene rings is 1. The number of hydrogen-bond acceptors (Lipinski definition) is 6. The van der Waals surface area contributed by atoms with Crippen molar-refractivity contribution in [2.45, 2.75) is 57.1 Å². The number of sulfonamides is 1. The fraction of sp³-hybridized carbons (Fsp3) is 0.526. The highest BCUT2D eigenvalue weighted by molar-refractivity contribution is 7.89. The molecule has 1 saturated heterocycles. The van der Waals surface area contributed by atoms with Crippen LogP contribution in [0.1, 0.15) is 38.7 Å². The molecule has 1 fully saturated rings. The second-order valence-corrected chi connectivity index (χ2v) is 9.29. The van der Waals surface area contributed by atoms with Gasteiger partial charge in [-0.3, -0.25) is 14.9 Å². The first-order valence-electron chi connectivity index (χ1n) is 9.43. The molecule has 9 nitrogen and oxygen atoms in total. The van der Waals surface area contributed by atoms with Crippen molar-refractivity contribution in [2.24, 2.45) is 11.7 Å². The number of amides is 3. The molecule has 10 heteroatoms. The summed E-state index contributed by atoms with van der Waals surface area (Å²) in [6, 6.07) is 4.27. The second kappa shape index (κ2) is 9.36. The molecule has 0 spiro atoms. The van der Waals surface area contributed by atoms with E-state index >= 15 is 0 Å². The van der Waals surface area contributed by atoms with Gasteiger partial charge in [0, 0.05) is 6.54 Å². The molecule has 1 aliphatic rings. The zero-order chi connectivity index (χ0) is 21.8. The number of rotatable bonds is 6. The number of aryl methyl sites for hydroxylation is 1. The van der Waals surface area contributed by atoms with Crippen LogP contribution in [0.2, 0.25) is 0 Å². The zero-order valence-electron chi connectivity index (χ0n) is 16.8. The van der Waals surface area contributed by atoms with Crippen LogP contribution in [0.3, 0.4) is 0 Å². The second-order valence-electron chi connectivity index (χ2n) is 7.40. The predicted octanol–water partition coefficient (Wildman–Crippen LogP) is 1.30. The lowest BCUT2D eigenvalue weighted by Gasteiger charge is -2.34. The molecule has 1 aromatic rings. The Morgan fingerprint density at radius 3 is 2.34 bits per heavy atom. The molecular formula is C19H27N3O6S. The van der Waals surface area contributed by atoms with Crippen molar-refractivity contribution in [1.82, 2.24) is 9.62 Å². The molecule has 0 radical (unpaired) electrons. The Hall–Kier alpha value is -2.46. The van der Waals surface area contributed by atoms with Gasteiger partial charge in [0.1, 0.15) is 6.04 Å². The molecule has 0 aliphatic carbocycles. The van der Waals surface area contributed by atoms with Crippen molar-refractivity contribution >= 4 is 27.9 Å². The van der Waals surface area contributed by atoms with Gasteiger partial charge in [0.25, 0.3) is 5.91 Å². The maximum Gasteiger partial charge on any atom is 0.325 e. The van der Waals surface area contributed by atoms with Gasteiger partial charge in [0.2, 0.25) is 10.0 Å². The molecule has 2 rings (SSSR count). The summed E-state index contributed by atoms with van der Waals surface area (Å²) in [6.07, 6.45) is 0.289. The summed E-state index contributed by atoms with van der Waals surface area (Å²) < 4.78 is 32.6. The van der Waals surface area contributed by atoms with Crippen LogP contribution in [0.4, 0.5) is 4.79 Å². The zero-order valence-corrected chi connectivity index (χ0v) is 17.6. The Bertz CT molecular complexity index is 866. The molecule has 0 unspecified atom stereocenters. The minimum atomic E-state index is -3.91. The van der Waals surface area contributed by atoms with E-state index in [4.69, 9.17) is 10.5 Å². The highest BCUT2D eigenvalue weighted by Gasteiger charge is 2.40. The summed E-state index contributed by atoms with van der Waals surface area (Å²) in [5.74, 6) is -2.10. The van der Waals surface area contributed by atoms with E-state index in [0.29, 0.717) is 12.8 Å². The molecule has 160 valence electrons. The Balaban J connectivity index is 2.25. The molecule has 0 aromatic heterocycles. The van der Waals surface area contributed by atoms with E-state index in [2.05, 4.69) is 0 Å². The number of esters is 1. The number of carbonyl (C=O) groups is 3. The number of nitrogens with one attached hydrogen (secondary N) is 1. The SMILES string of the molecule is Cc1ccc(S(=O)(=O)N2CCCC[C@H]2C(=O)O[C@H](C(=O)NC(N)=O)C(C)C)cc1. The number of imide groups is 1. The molecule has 2 atom stereocenters. The summed E-state index contributed by atoms with van der Waals surface area (Å²) in [7, 11) is -3.91. The third-order valence-corrected chi connectivity index (χ3v) is 6.63. The maximum atomic E-state index is 13.1. The van der Waals surface area contributed by atoms with E-state index in [9.17, 15) is 22.8 Å². The Labute approximate surface area is 170 Å². The van der Waals surface area contributed by atoms with E-state index in [-0.39, 0.29) is 17.9 Å². The topological polar surface area (TPSA) is 136 Å². The number of urea groups is 1. The molecule has 3 N–H and O–H groups in total. The molecule has 1 heterocycles. The number of nitrogens with zero attached hydrogens (tertiary/aromatic N) is 1. The lowest BCUT2D eigenvalue weighted by molar-refractivity contribution is -0.162. The lowest BCUT2D eigenvalue weighted by atomic mass is 10.0. The first kappa shape index (κ1) is 22.8. The molecule has 3 amide bonds. The van der Waals surface area contributed by atoms with Crippen molar-refractivity contribution in [3.05, 3.63) is 29.8 Å². The fourth-order valence-corrected chi connectivity index (χ4v) is 4.81. The average molecular weight is 426 g/mol. The molecule has 29 heavy (non-hydrogen) atoms. The quantitative estimate of drug-likeness (QED) is 0.660. The van der Waals surface area contributed by atoms with Crippen molar-refractivity contribution in [2.75, 3.05) is 6.54 Å².